The van der Waals surface area contributed by atoms with Gasteiger partial charge in [0.25, 0.3) is 11.8 Å². The van der Waals surface area contributed by atoms with Crippen LogP contribution < -0.4 is 10.1 Å². The Kier molecular flexibility index (Phi) is 7.18. The van der Waals surface area contributed by atoms with Crippen molar-refractivity contribution in [3.8, 4) is 5.75 Å². The highest BCUT2D eigenvalue weighted by Gasteiger charge is 2.31. The second-order valence-corrected chi connectivity index (χ2v) is 9.78. The van der Waals surface area contributed by atoms with E-state index in [1.54, 1.807) is 60.2 Å². The quantitative estimate of drug-likeness (QED) is 0.358. The molecule has 12 nitrogen and oxygen atoms in total. The zero-order valence-corrected chi connectivity index (χ0v) is 22.3. The maximum absolute atomic E-state index is 13.2. The Morgan fingerprint density at radius 2 is 1.95 bits per heavy atom. The van der Waals surface area contributed by atoms with Crippen molar-refractivity contribution in [3.05, 3.63) is 48.5 Å². The van der Waals surface area contributed by atoms with E-state index >= 15 is 0 Å². The predicted octanol–water partition coefficient (Wildman–Crippen LogP) is 3.23. The highest BCUT2D eigenvalue weighted by molar-refractivity contribution is 6.09. The normalized spacial score (nSPS) is 18.1. The summed E-state index contributed by atoms with van der Waals surface area (Å²) >= 11 is 0. The Morgan fingerprint density at radius 3 is 2.67 bits per heavy atom. The highest BCUT2D eigenvalue weighted by Crippen LogP contribution is 2.33. The lowest BCUT2D eigenvalue weighted by Gasteiger charge is -2.35. The number of nitrogens with one attached hydrogen (secondary N) is 1. The fourth-order valence-electron chi connectivity index (χ4n) is 5.19. The number of hydrogen-bond donors (Lipinski definition) is 1. The molecule has 1 atom stereocenters. The molecule has 2 amide bonds. The minimum Gasteiger partial charge on any atom is -0.496 e. The first-order valence-electron chi connectivity index (χ1n) is 12.9. The summed E-state index contributed by atoms with van der Waals surface area (Å²) in [5, 5.41) is 12.7. The van der Waals surface area contributed by atoms with E-state index in [1.807, 2.05) is 10.9 Å². The topological polar surface area (TPSA) is 133 Å². The van der Waals surface area contributed by atoms with Crippen molar-refractivity contribution >= 4 is 40.0 Å². The molecule has 5 rings (SSSR count). The van der Waals surface area contributed by atoms with E-state index in [9.17, 15) is 14.4 Å². The number of carbonyl (C=O) groups is 3. The average Bonchev–Trinajstić information content (AvgIpc) is 3.55. The number of hydrogen-bond acceptors (Lipinski definition) is 8. The van der Waals surface area contributed by atoms with Crippen LogP contribution in [0.2, 0.25) is 0 Å². The number of aromatic nitrogens is 5. The molecule has 0 bridgehead atoms. The smallest absolute Gasteiger partial charge is 0.303 e. The number of fused-ring (bicyclic) bond motifs is 2. The number of benzene rings is 1. The van der Waals surface area contributed by atoms with Gasteiger partial charge in [-0.15, -0.1) is 0 Å². The molecular weight excluding hydrogens is 502 g/mol. The van der Waals surface area contributed by atoms with Crippen molar-refractivity contribution in [2.24, 2.45) is 0 Å². The van der Waals surface area contributed by atoms with E-state index in [0.29, 0.717) is 22.6 Å². The maximum Gasteiger partial charge on any atom is 0.303 e. The van der Waals surface area contributed by atoms with E-state index in [4.69, 9.17) is 14.6 Å². The van der Waals surface area contributed by atoms with Gasteiger partial charge in [0.2, 0.25) is 0 Å². The second kappa shape index (κ2) is 10.7. The Bertz CT molecular complexity index is 1540. The number of methoxy groups -OCH3 is 1. The van der Waals surface area contributed by atoms with Crippen molar-refractivity contribution in [2.75, 3.05) is 19.5 Å². The molecule has 1 fully saturated rings. The van der Waals surface area contributed by atoms with Crippen LogP contribution in [0.15, 0.2) is 43.0 Å². The standard InChI is InChI=1S/C27H31N7O5/c1-16(39-17(2)35)27(37)32(3)19-6-8-20(9-7-19)34-15-18-12-21(24(38-4)13-22(18)31-34)26(36)30-23-14-29-33-11-5-10-28-25(23)33/h5,10-16,19-20H,6-9H2,1-4H3,(H,30,36)/t16-,19?,20?/m1/s1. The Balaban J connectivity index is 1.29. The first kappa shape index (κ1) is 26.1. The van der Waals surface area contributed by atoms with Gasteiger partial charge in [0.15, 0.2) is 11.8 Å². The number of rotatable bonds is 7. The van der Waals surface area contributed by atoms with Crippen LogP contribution in [-0.2, 0) is 14.3 Å². The van der Waals surface area contributed by atoms with Crippen LogP contribution in [0.5, 0.6) is 5.75 Å². The summed E-state index contributed by atoms with van der Waals surface area (Å²) in [4.78, 5) is 43.0. The number of carbonyl (C=O) groups excluding carboxylic acids is 3. The van der Waals surface area contributed by atoms with Crippen LogP contribution in [-0.4, -0.2) is 73.4 Å². The molecule has 1 saturated carbocycles. The van der Waals surface area contributed by atoms with E-state index in [2.05, 4.69) is 15.4 Å². The number of likely N-dealkylation sites (N-methyl/N-ethyl adjacent to an activating group) is 1. The fourth-order valence-corrected chi connectivity index (χ4v) is 5.19. The van der Waals surface area contributed by atoms with Gasteiger partial charge in [-0.05, 0) is 44.7 Å². The summed E-state index contributed by atoms with van der Waals surface area (Å²) in [5.41, 5.74) is 2.15. The molecule has 0 spiro atoms. The van der Waals surface area contributed by atoms with Crippen molar-refractivity contribution < 1.29 is 23.9 Å². The first-order valence-corrected chi connectivity index (χ1v) is 12.9. The van der Waals surface area contributed by atoms with Crippen molar-refractivity contribution in [1.82, 2.24) is 29.3 Å². The van der Waals surface area contributed by atoms with E-state index in [0.717, 1.165) is 36.6 Å². The molecule has 3 heterocycles. The molecule has 0 unspecified atom stereocenters. The van der Waals surface area contributed by atoms with Gasteiger partial charge in [0.1, 0.15) is 11.4 Å². The molecule has 0 aliphatic heterocycles. The molecule has 1 aliphatic carbocycles. The Hall–Kier alpha value is -4.48. The summed E-state index contributed by atoms with van der Waals surface area (Å²) in [6.07, 6.45) is 9.39. The minimum absolute atomic E-state index is 0.0709. The molecule has 1 aromatic carbocycles. The van der Waals surface area contributed by atoms with Crippen LogP contribution >= 0.6 is 0 Å². The third-order valence-corrected chi connectivity index (χ3v) is 7.24. The molecular formula is C27H31N7O5. The third kappa shape index (κ3) is 5.27. The zero-order valence-electron chi connectivity index (χ0n) is 22.3. The van der Waals surface area contributed by atoms with Crippen LogP contribution in [0, 0.1) is 0 Å². The molecule has 204 valence electrons. The van der Waals surface area contributed by atoms with Crippen LogP contribution in [0.1, 0.15) is 55.9 Å². The van der Waals surface area contributed by atoms with Gasteiger partial charge in [-0.25, -0.2) is 9.50 Å². The molecule has 0 saturated heterocycles. The van der Waals surface area contributed by atoms with Gasteiger partial charge in [0.05, 0.1) is 30.4 Å². The van der Waals surface area contributed by atoms with E-state index in [-0.39, 0.29) is 23.9 Å². The van der Waals surface area contributed by atoms with Crippen molar-refractivity contribution in [1.29, 1.82) is 0 Å². The summed E-state index contributed by atoms with van der Waals surface area (Å²) in [6, 6.07) is 5.54. The summed E-state index contributed by atoms with van der Waals surface area (Å²) in [6.45, 7) is 2.89. The fraction of sp³-hybridized carbons (Fsp3) is 0.407. The van der Waals surface area contributed by atoms with Gasteiger partial charge >= 0.3 is 5.97 Å². The van der Waals surface area contributed by atoms with Crippen LogP contribution in [0.3, 0.4) is 0 Å². The first-order chi connectivity index (χ1) is 18.7. The molecule has 0 radical (unpaired) electrons. The molecule has 12 heteroatoms. The highest BCUT2D eigenvalue weighted by atomic mass is 16.5. The Morgan fingerprint density at radius 1 is 1.18 bits per heavy atom. The number of esters is 1. The summed E-state index contributed by atoms with van der Waals surface area (Å²) in [7, 11) is 3.28. The van der Waals surface area contributed by atoms with Crippen LogP contribution in [0.25, 0.3) is 16.6 Å². The lowest BCUT2D eigenvalue weighted by atomic mass is 9.90. The zero-order chi connectivity index (χ0) is 27.7. The van der Waals surface area contributed by atoms with E-state index in [1.165, 1.54) is 14.0 Å². The monoisotopic (exact) mass is 533 g/mol. The number of anilines is 1. The molecule has 3 aromatic heterocycles. The average molecular weight is 534 g/mol. The second-order valence-electron chi connectivity index (χ2n) is 9.78. The summed E-state index contributed by atoms with van der Waals surface area (Å²) < 4.78 is 14.1. The minimum atomic E-state index is -0.799. The lowest BCUT2D eigenvalue weighted by Crippen LogP contribution is -2.45. The van der Waals surface area contributed by atoms with Gasteiger partial charge in [0, 0.05) is 50.1 Å². The van der Waals surface area contributed by atoms with E-state index < -0.39 is 12.1 Å². The van der Waals surface area contributed by atoms with Gasteiger partial charge in [-0.3, -0.25) is 19.1 Å². The maximum atomic E-state index is 13.2. The lowest BCUT2D eigenvalue weighted by molar-refractivity contribution is -0.158. The van der Waals surface area contributed by atoms with Gasteiger partial charge in [-0.1, -0.05) is 0 Å². The van der Waals surface area contributed by atoms with Gasteiger partial charge < -0.3 is 19.7 Å². The Labute approximate surface area is 224 Å². The molecule has 1 aliphatic rings. The van der Waals surface area contributed by atoms with Crippen molar-refractivity contribution in [2.45, 2.75) is 57.7 Å². The predicted molar refractivity (Wildman–Crippen MR) is 143 cm³/mol. The van der Waals surface area contributed by atoms with Crippen LogP contribution in [0.4, 0.5) is 5.69 Å². The number of amides is 2. The molecule has 39 heavy (non-hydrogen) atoms. The largest absolute Gasteiger partial charge is 0.496 e. The van der Waals surface area contributed by atoms with Crippen molar-refractivity contribution in [3.63, 3.8) is 0 Å². The summed E-state index contributed by atoms with van der Waals surface area (Å²) in [5.74, 6) is -0.585. The van der Waals surface area contributed by atoms with Gasteiger partial charge in [-0.2, -0.15) is 10.2 Å². The SMILES string of the molecule is COc1cc2nn(C3CCC(N(C)C(=O)[C@@H](C)OC(C)=O)CC3)cc2cc1C(=O)Nc1cnn2cccnc12. The molecule has 4 aromatic rings. The number of ether oxygens (including phenoxy) is 2. The number of nitrogens with zero attached hydrogens (tertiary/aromatic N) is 6. The third-order valence-electron chi connectivity index (χ3n) is 7.24. The molecule has 1 N–H and O–H groups in total.